The molecule has 0 aromatic heterocycles. The molecule has 0 radical (unpaired) electrons. The number of hydrogen-bond acceptors (Lipinski definition) is 2. The molecule has 1 rings (SSSR count). The molecule has 1 fully saturated rings. The Morgan fingerprint density at radius 1 is 1.35 bits per heavy atom. The van der Waals surface area contributed by atoms with Gasteiger partial charge in [-0.1, -0.05) is 46.1 Å². The van der Waals surface area contributed by atoms with Crippen molar-refractivity contribution in [2.45, 2.75) is 64.4 Å². The van der Waals surface area contributed by atoms with Crippen LogP contribution in [-0.2, 0) is 4.74 Å². The predicted octanol–water partition coefficient (Wildman–Crippen LogP) is 4.09. The van der Waals surface area contributed by atoms with Crippen LogP contribution in [0.2, 0.25) is 0 Å². The maximum Gasteiger partial charge on any atom is 0.414 e. The summed E-state index contributed by atoms with van der Waals surface area (Å²) >= 11 is 0. The number of nitrogens with zero attached hydrogens (tertiary/aromatic N) is 1. The van der Waals surface area contributed by atoms with E-state index < -0.39 is 0 Å². The van der Waals surface area contributed by atoms with Crippen LogP contribution in [0.4, 0.5) is 4.79 Å². The number of hydrogen-bond donors (Lipinski definition) is 0. The average Bonchev–Trinajstić information content (AvgIpc) is 2.66. The van der Waals surface area contributed by atoms with Gasteiger partial charge in [-0.25, -0.2) is 4.79 Å². The molecule has 17 heavy (non-hydrogen) atoms. The molecule has 0 aromatic rings. The summed E-state index contributed by atoms with van der Waals surface area (Å²) in [5, 5.41) is 0. The molecule has 1 saturated heterocycles. The first kappa shape index (κ1) is 14.1. The highest BCUT2D eigenvalue weighted by atomic mass is 16.6. The lowest BCUT2D eigenvalue weighted by Gasteiger charge is -2.25. The van der Waals surface area contributed by atoms with Gasteiger partial charge in [-0.05, 0) is 19.3 Å². The zero-order valence-corrected chi connectivity index (χ0v) is 11.2. The molecule has 1 aliphatic rings. The van der Waals surface area contributed by atoms with Crippen LogP contribution in [0.25, 0.3) is 0 Å². The molecule has 0 N–H and O–H groups in total. The van der Waals surface area contributed by atoms with E-state index in [0.717, 1.165) is 19.3 Å². The fourth-order valence-corrected chi connectivity index (χ4v) is 2.33. The van der Waals surface area contributed by atoms with Gasteiger partial charge in [0.25, 0.3) is 0 Å². The van der Waals surface area contributed by atoms with E-state index in [-0.39, 0.29) is 11.7 Å². The zero-order chi connectivity index (χ0) is 12.7. The number of amides is 1. The summed E-state index contributed by atoms with van der Waals surface area (Å²) in [6.07, 6.45) is 9.42. The molecule has 0 aliphatic carbocycles. The Balaban J connectivity index is 2.37. The second kappa shape index (κ2) is 6.67. The topological polar surface area (TPSA) is 29.5 Å². The standard InChI is InChI=1S/C14H25NO2/c1-4-7-8-9-10-11-14(5-2)12-15(6-3)13(16)17-14/h6H,3-5,7-12H2,1-2H3. The van der Waals surface area contributed by atoms with E-state index in [4.69, 9.17) is 4.74 Å². The van der Waals surface area contributed by atoms with E-state index in [2.05, 4.69) is 20.4 Å². The SMILES string of the molecule is C=CN1CC(CC)(CCCCCCC)OC1=O. The van der Waals surface area contributed by atoms with Crippen LogP contribution in [0, 0.1) is 0 Å². The minimum Gasteiger partial charge on any atom is -0.441 e. The monoisotopic (exact) mass is 239 g/mol. The van der Waals surface area contributed by atoms with E-state index in [1.165, 1.54) is 25.7 Å². The van der Waals surface area contributed by atoms with Crippen molar-refractivity contribution in [3.05, 3.63) is 12.8 Å². The number of rotatable bonds is 8. The number of unbranched alkanes of at least 4 members (excludes halogenated alkanes) is 4. The molecule has 1 aliphatic heterocycles. The molecule has 3 heteroatoms. The molecule has 1 unspecified atom stereocenters. The maximum absolute atomic E-state index is 11.5. The van der Waals surface area contributed by atoms with Crippen molar-refractivity contribution in [2.24, 2.45) is 0 Å². The summed E-state index contributed by atoms with van der Waals surface area (Å²) in [5.41, 5.74) is -0.266. The Morgan fingerprint density at radius 3 is 2.59 bits per heavy atom. The Kier molecular flexibility index (Phi) is 5.52. The largest absolute Gasteiger partial charge is 0.441 e. The molecule has 0 saturated carbocycles. The second-order valence-electron chi connectivity index (χ2n) is 4.88. The molecule has 1 atom stereocenters. The molecule has 98 valence electrons. The molecular weight excluding hydrogens is 214 g/mol. The molecule has 1 heterocycles. The van der Waals surface area contributed by atoms with Crippen LogP contribution in [0.1, 0.15) is 58.8 Å². The van der Waals surface area contributed by atoms with E-state index in [0.29, 0.717) is 6.54 Å². The lowest BCUT2D eigenvalue weighted by Crippen LogP contribution is -2.32. The number of carbonyl (C=O) groups excluding carboxylic acids is 1. The van der Waals surface area contributed by atoms with Crippen LogP contribution in [0.3, 0.4) is 0 Å². The third-order valence-electron chi connectivity index (χ3n) is 3.60. The Hall–Kier alpha value is -0.990. The predicted molar refractivity (Wildman–Crippen MR) is 69.8 cm³/mol. The summed E-state index contributed by atoms with van der Waals surface area (Å²) in [4.78, 5) is 13.1. The molecular formula is C14H25NO2. The van der Waals surface area contributed by atoms with Crippen LogP contribution >= 0.6 is 0 Å². The third kappa shape index (κ3) is 3.76. The highest BCUT2D eigenvalue weighted by Gasteiger charge is 2.42. The van der Waals surface area contributed by atoms with Gasteiger partial charge in [0.05, 0.1) is 6.54 Å². The minimum absolute atomic E-state index is 0.240. The van der Waals surface area contributed by atoms with Gasteiger partial charge in [0.15, 0.2) is 0 Å². The lowest BCUT2D eigenvalue weighted by molar-refractivity contribution is 0.0441. The normalized spacial score (nSPS) is 23.9. The lowest BCUT2D eigenvalue weighted by atomic mass is 9.93. The van der Waals surface area contributed by atoms with Gasteiger partial charge in [-0.15, -0.1) is 0 Å². The van der Waals surface area contributed by atoms with Crippen molar-refractivity contribution in [1.29, 1.82) is 0 Å². The highest BCUT2D eigenvalue weighted by molar-refractivity contribution is 5.71. The van der Waals surface area contributed by atoms with Crippen molar-refractivity contribution in [1.82, 2.24) is 4.90 Å². The minimum atomic E-state index is -0.266. The van der Waals surface area contributed by atoms with E-state index >= 15 is 0 Å². The third-order valence-corrected chi connectivity index (χ3v) is 3.60. The van der Waals surface area contributed by atoms with Crippen LogP contribution in [0.5, 0.6) is 0 Å². The summed E-state index contributed by atoms with van der Waals surface area (Å²) < 4.78 is 5.52. The van der Waals surface area contributed by atoms with Crippen LogP contribution < -0.4 is 0 Å². The summed E-state index contributed by atoms with van der Waals surface area (Å²) in [6.45, 7) is 8.61. The number of ether oxygens (including phenoxy) is 1. The van der Waals surface area contributed by atoms with Crippen molar-refractivity contribution in [3.63, 3.8) is 0 Å². The van der Waals surface area contributed by atoms with E-state index in [1.54, 1.807) is 11.1 Å². The van der Waals surface area contributed by atoms with Gasteiger partial charge in [-0.2, -0.15) is 0 Å². The Bertz CT molecular complexity index is 265. The van der Waals surface area contributed by atoms with Gasteiger partial charge in [0.1, 0.15) is 5.60 Å². The van der Waals surface area contributed by atoms with Crippen molar-refractivity contribution < 1.29 is 9.53 Å². The fraction of sp³-hybridized carbons (Fsp3) is 0.786. The van der Waals surface area contributed by atoms with Crippen LogP contribution in [-0.4, -0.2) is 23.1 Å². The fourth-order valence-electron chi connectivity index (χ4n) is 2.33. The Labute approximate surface area is 105 Å². The van der Waals surface area contributed by atoms with Gasteiger partial charge < -0.3 is 4.74 Å². The van der Waals surface area contributed by atoms with Crippen molar-refractivity contribution in [3.8, 4) is 0 Å². The average molecular weight is 239 g/mol. The van der Waals surface area contributed by atoms with Crippen LogP contribution in [0.15, 0.2) is 12.8 Å². The molecule has 1 amide bonds. The summed E-state index contributed by atoms with van der Waals surface area (Å²) in [7, 11) is 0. The summed E-state index contributed by atoms with van der Waals surface area (Å²) in [5.74, 6) is 0. The first-order chi connectivity index (χ1) is 8.17. The first-order valence-corrected chi connectivity index (χ1v) is 6.79. The molecule has 3 nitrogen and oxygen atoms in total. The quantitative estimate of drug-likeness (QED) is 0.597. The Morgan fingerprint density at radius 2 is 2.06 bits per heavy atom. The van der Waals surface area contributed by atoms with E-state index in [1.807, 2.05) is 0 Å². The van der Waals surface area contributed by atoms with Gasteiger partial charge in [0.2, 0.25) is 0 Å². The maximum atomic E-state index is 11.5. The number of carbonyl (C=O) groups is 1. The van der Waals surface area contributed by atoms with Gasteiger partial charge >= 0.3 is 6.09 Å². The van der Waals surface area contributed by atoms with Crippen molar-refractivity contribution in [2.75, 3.05) is 6.54 Å². The first-order valence-electron chi connectivity index (χ1n) is 6.79. The van der Waals surface area contributed by atoms with Gasteiger partial charge in [0, 0.05) is 6.20 Å². The molecule has 0 bridgehead atoms. The highest BCUT2D eigenvalue weighted by Crippen LogP contribution is 2.31. The second-order valence-corrected chi connectivity index (χ2v) is 4.88. The zero-order valence-electron chi connectivity index (χ0n) is 11.2. The number of cyclic esters (lactones) is 1. The molecule has 0 spiro atoms. The smallest absolute Gasteiger partial charge is 0.414 e. The molecule has 0 aromatic carbocycles. The summed E-state index contributed by atoms with van der Waals surface area (Å²) in [6, 6.07) is 0. The van der Waals surface area contributed by atoms with E-state index in [9.17, 15) is 4.79 Å². The van der Waals surface area contributed by atoms with Crippen molar-refractivity contribution >= 4 is 6.09 Å². The van der Waals surface area contributed by atoms with Gasteiger partial charge in [-0.3, -0.25) is 4.90 Å².